The maximum atomic E-state index is 11.9. The number of carboxylic acid groups (broad SMARTS) is 1. The molecule has 26 heavy (non-hydrogen) atoms. The number of ether oxygens (including phenoxy) is 1. The number of carbonyl (C=O) groups is 3. The molecule has 0 aliphatic carbocycles. The number of Topliss-reactive ketones (excluding diaryl/α,β-unsaturated/α-hetero) is 1. The fourth-order valence-corrected chi connectivity index (χ4v) is 3.28. The molecule has 0 aromatic rings. The second-order valence-corrected chi connectivity index (χ2v) is 7.31. The maximum absolute atomic E-state index is 11.9. The van der Waals surface area contributed by atoms with Crippen LogP contribution in [0.2, 0.25) is 0 Å². The van der Waals surface area contributed by atoms with Gasteiger partial charge in [0.2, 0.25) is 0 Å². The van der Waals surface area contributed by atoms with Crippen LogP contribution in [-0.4, -0.2) is 28.9 Å². The average molecular weight is 371 g/mol. The highest BCUT2D eigenvalue weighted by atomic mass is 16.5. The normalized spacial score (nSPS) is 13.2. The zero-order valence-corrected chi connectivity index (χ0v) is 16.9. The molecule has 0 saturated heterocycles. The van der Waals surface area contributed by atoms with E-state index in [0.717, 1.165) is 70.6 Å². The lowest BCUT2D eigenvalue weighted by Gasteiger charge is -2.19. The first kappa shape index (κ1) is 24.6. The van der Waals surface area contributed by atoms with Crippen molar-refractivity contribution in [1.29, 1.82) is 0 Å². The lowest BCUT2D eigenvalue weighted by atomic mass is 9.91. The number of carbonyl (C=O) groups excluding carboxylic acids is 2. The first-order valence-corrected chi connectivity index (χ1v) is 10.3. The van der Waals surface area contributed by atoms with Crippen molar-refractivity contribution < 1.29 is 24.2 Å². The molecular weight excluding hydrogens is 332 g/mol. The van der Waals surface area contributed by atoms with Gasteiger partial charge in [0.1, 0.15) is 11.9 Å². The van der Waals surface area contributed by atoms with Crippen LogP contribution in [0.4, 0.5) is 0 Å². The average Bonchev–Trinajstić information content (AvgIpc) is 2.55. The van der Waals surface area contributed by atoms with Crippen LogP contribution in [0, 0.1) is 5.92 Å². The molecule has 0 radical (unpaired) electrons. The Bertz CT molecular complexity index is 405. The Hall–Kier alpha value is -1.39. The van der Waals surface area contributed by atoms with Crippen molar-refractivity contribution in [3.63, 3.8) is 0 Å². The van der Waals surface area contributed by atoms with Crippen LogP contribution in [-0.2, 0) is 19.1 Å². The van der Waals surface area contributed by atoms with E-state index in [1.165, 1.54) is 6.92 Å². The summed E-state index contributed by atoms with van der Waals surface area (Å²) in [6, 6.07) is 0. The fourth-order valence-electron chi connectivity index (χ4n) is 3.28. The Kier molecular flexibility index (Phi) is 15.0. The van der Waals surface area contributed by atoms with Gasteiger partial charge < -0.3 is 9.84 Å². The number of unbranched alkanes of at least 4 members (excludes halogenated alkanes) is 5. The summed E-state index contributed by atoms with van der Waals surface area (Å²) in [5.74, 6) is -0.669. The van der Waals surface area contributed by atoms with Gasteiger partial charge in [0, 0.05) is 19.3 Å². The molecule has 152 valence electrons. The lowest BCUT2D eigenvalue weighted by Crippen LogP contribution is -2.18. The Morgan fingerprint density at radius 2 is 1.38 bits per heavy atom. The van der Waals surface area contributed by atoms with Crippen LogP contribution >= 0.6 is 0 Å². The highest BCUT2D eigenvalue weighted by Gasteiger charge is 2.17. The predicted octanol–water partition coefficient (Wildman–Crippen LogP) is 5.30. The van der Waals surface area contributed by atoms with Gasteiger partial charge in [0.05, 0.1) is 0 Å². The molecule has 0 saturated carbocycles. The first-order chi connectivity index (χ1) is 12.4. The number of ketones is 1. The van der Waals surface area contributed by atoms with Gasteiger partial charge in [-0.1, -0.05) is 39.0 Å². The third-order valence-corrected chi connectivity index (χ3v) is 4.81. The van der Waals surface area contributed by atoms with Crippen LogP contribution in [0.5, 0.6) is 0 Å². The van der Waals surface area contributed by atoms with E-state index in [-0.39, 0.29) is 30.2 Å². The molecule has 2 unspecified atom stereocenters. The molecule has 0 aromatic heterocycles. The largest absolute Gasteiger partial charge is 0.481 e. The SMILES string of the molecule is CCCCCC(CCCC(CCCCCCC(=O)O)C(C)=O)OC(C)=O. The molecule has 0 fully saturated rings. The van der Waals surface area contributed by atoms with Crippen LogP contribution in [0.25, 0.3) is 0 Å². The molecule has 0 aromatic carbocycles. The molecule has 0 bridgehead atoms. The highest BCUT2D eigenvalue weighted by molar-refractivity contribution is 5.78. The quantitative estimate of drug-likeness (QED) is 0.277. The van der Waals surface area contributed by atoms with E-state index in [0.29, 0.717) is 6.42 Å². The highest BCUT2D eigenvalue weighted by Crippen LogP contribution is 2.21. The molecule has 1 N–H and O–H groups in total. The zero-order valence-electron chi connectivity index (χ0n) is 16.9. The van der Waals surface area contributed by atoms with E-state index in [1.54, 1.807) is 6.92 Å². The van der Waals surface area contributed by atoms with Crippen LogP contribution in [0.3, 0.4) is 0 Å². The van der Waals surface area contributed by atoms with Crippen molar-refractivity contribution in [3.05, 3.63) is 0 Å². The smallest absolute Gasteiger partial charge is 0.303 e. The van der Waals surface area contributed by atoms with E-state index in [1.807, 2.05) is 0 Å². The molecule has 0 aliphatic heterocycles. The number of hydrogen-bond acceptors (Lipinski definition) is 4. The zero-order chi connectivity index (χ0) is 19.8. The Labute approximate surface area is 158 Å². The molecule has 2 atom stereocenters. The van der Waals surface area contributed by atoms with Crippen LogP contribution in [0.15, 0.2) is 0 Å². The molecule has 0 spiro atoms. The maximum Gasteiger partial charge on any atom is 0.303 e. The van der Waals surface area contributed by atoms with Crippen molar-refractivity contribution in [2.45, 2.75) is 110 Å². The van der Waals surface area contributed by atoms with Gasteiger partial charge >= 0.3 is 11.9 Å². The number of aliphatic carboxylic acids is 1. The second-order valence-electron chi connectivity index (χ2n) is 7.31. The Morgan fingerprint density at radius 3 is 1.96 bits per heavy atom. The minimum absolute atomic E-state index is 0.0253. The topological polar surface area (TPSA) is 80.7 Å². The number of rotatable bonds is 17. The summed E-state index contributed by atoms with van der Waals surface area (Å²) < 4.78 is 5.41. The third-order valence-electron chi connectivity index (χ3n) is 4.81. The summed E-state index contributed by atoms with van der Waals surface area (Å²) in [7, 11) is 0. The van der Waals surface area contributed by atoms with Gasteiger partial charge in [-0.15, -0.1) is 0 Å². The summed E-state index contributed by atoms with van der Waals surface area (Å²) in [6.07, 6.45) is 11.5. The Balaban J connectivity index is 4.09. The summed E-state index contributed by atoms with van der Waals surface area (Å²) in [4.78, 5) is 33.6. The van der Waals surface area contributed by atoms with Crippen molar-refractivity contribution in [2.24, 2.45) is 5.92 Å². The molecule has 5 heteroatoms. The van der Waals surface area contributed by atoms with E-state index in [4.69, 9.17) is 9.84 Å². The van der Waals surface area contributed by atoms with Crippen molar-refractivity contribution >= 4 is 17.7 Å². The van der Waals surface area contributed by atoms with Crippen molar-refractivity contribution in [3.8, 4) is 0 Å². The standard InChI is InChI=1S/C21H38O5/c1-4-5-8-14-20(26-18(3)23)15-11-13-19(17(2)22)12-9-6-7-10-16-21(24)25/h19-20H,4-16H2,1-3H3,(H,24,25). The monoisotopic (exact) mass is 370 g/mol. The minimum atomic E-state index is -0.743. The summed E-state index contributed by atoms with van der Waals surface area (Å²) in [6.45, 7) is 5.26. The lowest BCUT2D eigenvalue weighted by molar-refractivity contribution is -0.147. The molecule has 0 heterocycles. The summed E-state index contributed by atoms with van der Waals surface area (Å²) in [5.41, 5.74) is 0. The molecule has 0 amide bonds. The van der Waals surface area contributed by atoms with Crippen molar-refractivity contribution in [2.75, 3.05) is 0 Å². The second kappa shape index (κ2) is 15.8. The molecule has 0 aliphatic rings. The summed E-state index contributed by atoms with van der Waals surface area (Å²) in [5, 5.41) is 8.62. The molecule has 5 nitrogen and oxygen atoms in total. The Morgan fingerprint density at radius 1 is 0.808 bits per heavy atom. The van der Waals surface area contributed by atoms with Gasteiger partial charge in [-0.05, 0) is 51.9 Å². The minimum Gasteiger partial charge on any atom is -0.481 e. The van der Waals surface area contributed by atoms with Crippen LogP contribution in [0.1, 0.15) is 104 Å². The third kappa shape index (κ3) is 14.9. The number of carboxylic acids is 1. The van der Waals surface area contributed by atoms with Crippen molar-refractivity contribution in [1.82, 2.24) is 0 Å². The fraction of sp³-hybridized carbons (Fsp3) is 0.857. The summed E-state index contributed by atoms with van der Waals surface area (Å²) >= 11 is 0. The van der Waals surface area contributed by atoms with Gasteiger partial charge in [-0.25, -0.2) is 0 Å². The molecular formula is C21H38O5. The van der Waals surface area contributed by atoms with E-state index in [2.05, 4.69) is 6.92 Å². The van der Waals surface area contributed by atoms with E-state index >= 15 is 0 Å². The van der Waals surface area contributed by atoms with Gasteiger partial charge in [-0.3, -0.25) is 14.4 Å². The van der Waals surface area contributed by atoms with Gasteiger partial charge in [0.15, 0.2) is 0 Å². The van der Waals surface area contributed by atoms with Gasteiger partial charge in [0.25, 0.3) is 0 Å². The molecule has 0 rings (SSSR count). The van der Waals surface area contributed by atoms with Crippen LogP contribution < -0.4 is 0 Å². The van der Waals surface area contributed by atoms with E-state index < -0.39 is 5.97 Å². The van der Waals surface area contributed by atoms with Gasteiger partial charge in [-0.2, -0.15) is 0 Å². The first-order valence-electron chi connectivity index (χ1n) is 10.3. The number of hydrogen-bond donors (Lipinski definition) is 1. The number of esters is 1. The predicted molar refractivity (Wildman–Crippen MR) is 103 cm³/mol. The van der Waals surface area contributed by atoms with E-state index in [9.17, 15) is 14.4 Å².